The quantitative estimate of drug-likeness (QED) is 0.861. The molecule has 0 aliphatic rings. The largest absolute Gasteiger partial charge is 0.310 e. The maximum Gasteiger partial charge on any atom is 0.0937 e. The van der Waals surface area contributed by atoms with Crippen molar-refractivity contribution < 1.29 is 0 Å². The third-order valence-electron chi connectivity index (χ3n) is 2.89. The predicted octanol–water partition coefficient (Wildman–Crippen LogP) is 4.19. The second-order valence-corrected chi connectivity index (χ2v) is 6.04. The van der Waals surface area contributed by atoms with Crippen LogP contribution in [0.2, 0.25) is 0 Å². The van der Waals surface area contributed by atoms with E-state index in [9.17, 15) is 0 Å². The number of nitrogens with zero attached hydrogens (tertiary/aromatic N) is 1. The molecule has 2 nitrogen and oxygen atoms in total. The summed E-state index contributed by atoms with van der Waals surface area (Å²) in [6.45, 7) is 3.19. The van der Waals surface area contributed by atoms with Crippen molar-refractivity contribution in [2.45, 2.75) is 25.8 Å². The van der Waals surface area contributed by atoms with Gasteiger partial charge >= 0.3 is 0 Å². The lowest BCUT2D eigenvalue weighted by Crippen LogP contribution is -2.23. The molecule has 0 spiro atoms. The van der Waals surface area contributed by atoms with Gasteiger partial charge in [-0.1, -0.05) is 35.0 Å². The summed E-state index contributed by atoms with van der Waals surface area (Å²) in [5.41, 5.74) is 1.35. The van der Waals surface area contributed by atoms with Crippen LogP contribution in [0.5, 0.6) is 0 Å². The summed E-state index contributed by atoms with van der Waals surface area (Å²) < 4.78 is 1.13. The normalized spacial score (nSPS) is 12.6. The molecule has 1 atom stereocenters. The molecule has 1 aromatic carbocycles. The van der Waals surface area contributed by atoms with Crippen LogP contribution < -0.4 is 5.32 Å². The molecule has 2 aromatic rings. The molecular formula is C14H17BrN2S. The lowest BCUT2D eigenvalue weighted by atomic mass is 10.0. The SMILES string of the molecule is CCC(NCCc1nccs1)c1ccc(Br)cc1. The van der Waals surface area contributed by atoms with Gasteiger partial charge in [0.05, 0.1) is 5.01 Å². The Morgan fingerprint density at radius 1 is 1.33 bits per heavy atom. The average Bonchev–Trinajstić information content (AvgIpc) is 2.89. The molecule has 18 heavy (non-hydrogen) atoms. The van der Waals surface area contributed by atoms with E-state index >= 15 is 0 Å². The van der Waals surface area contributed by atoms with Crippen molar-refractivity contribution >= 4 is 27.3 Å². The minimum atomic E-state index is 0.429. The molecule has 1 aromatic heterocycles. The average molecular weight is 325 g/mol. The highest BCUT2D eigenvalue weighted by atomic mass is 79.9. The van der Waals surface area contributed by atoms with E-state index in [1.165, 1.54) is 10.6 Å². The Labute approximate surface area is 121 Å². The van der Waals surface area contributed by atoms with Crippen molar-refractivity contribution in [3.05, 3.63) is 50.9 Å². The third kappa shape index (κ3) is 3.90. The molecule has 2 rings (SSSR count). The van der Waals surface area contributed by atoms with Crippen molar-refractivity contribution in [1.29, 1.82) is 0 Å². The number of rotatable bonds is 6. The Hall–Kier alpha value is -0.710. The van der Waals surface area contributed by atoms with Gasteiger partial charge in [-0.2, -0.15) is 0 Å². The highest BCUT2D eigenvalue weighted by Gasteiger charge is 2.08. The van der Waals surface area contributed by atoms with Crippen molar-refractivity contribution in [3.8, 4) is 0 Å². The Morgan fingerprint density at radius 2 is 2.11 bits per heavy atom. The molecule has 0 aliphatic heterocycles. The smallest absolute Gasteiger partial charge is 0.0937 e. The van der Waals surface area contributed by atoms with Gasteiger partial charge in [0.1, 0.15) is 0 Å². The highest BCUT2D eigenvalue weighted by molar-refractivity contribution is 9.10. The van der Waals surface area contributed by atoms with Gasteiger partial charge in [-0.05, 0) is 24.1 Å². The number of hydrogen-bond donors (Lipinski definition) is 1. The van der Waals surface area contributed by atoms with E-state index in [2.05, 4.69) is 57.4 Å². The molecule has 0 bridgehead atoms. The topological polar surface area (TPSA) is 24.9 Å². The van der Waals surface area contributed by atoms with E-state index in [0.29, 0.717) is 6.04 Å². The number of halogens is 1. The summed E-state index contributed by atoms with van der Waals surface area (Å²) in [5, 5.41) is 6.83. The molecule has 0 aliphatic carbocycles. The molecule has 4 heteroatoms. The van der Waals surface area contributed by atoms with Crippen LogP contribution in [0.15, 0.2) is 40.3 Å². The molecule has 96 valence electrons. The standard InChI is InChI=1S/C14H17BrN2S/c1-2-13(11-3-5-12(15)6-4-11)16-8-7-14-17-9-10-18-14/h3-6,9-10,13,16H,2,7-8H2,1H3. The minimum Gasteiger partial charge on any atom is -0.310 e. The zero-order valence-corrected chi connectivity index (χ0v) is 12.8. The first-order valence-corrected chi connectivity index (χ1v) is 7.84. The van der Waals surface area contributed by atoms with Gasteiger partial charge in [0.15, 0.2) is 0 Å². The fraction of sp³-hybridized carbons (Fsp3) is 0.357. The minimum absolute atomic E-state index is 0.429. The van der Waals surface area contributed by atoms with Gasteiger partial charge in [-0.15, -0.1) is 11.3 Å². The van der Waals surface area contributed by atoms with E-state index in [1.54, 1.807) is 11.3 Å². The fourth-order valence-corrected chi connectivity index (χ4v) is 2.81. The predicted molar refractivity (Wildman–Crippen MR) is 81.0 cm³/mol. The van der Waals surface area contributed by atoms with Gasteiger partial charge in [-0.25, -0.2) is 4.98 Å². The lowest BCUT2D eigenvalue weighted by Gasteiger charge is -2.17. The van der Waals surface area contributed by atoms with Gasteiger partial charge in [0.25, 0.3) is 0 Å². The van der Waals surface area contributed by atoms with Crippen molar-refractivity contribution in [2.24, 2.45) is 0 Å². The van der Waals surface area contributed by atoms with Gasteiger partial charge in [-0.3, -0.25) is 0 Å². The van der Waals surface area contributed by atoms with Crippen LogP contribution in [0.1, 0.15) is 30.0 Å². The number of benzene rings is 1. The zero-order chi connectivity index (χ0) is 12.8. The lowest BCUT2D eigenvalue weighted by molar-refractivity contribution is 0.522. The third-order valence-corrected chi connectivity index (χ3v) is 4.26. The maximum atomic E-state index is 4.30. The Kier molecular flexibility index (Phi) is 5.35. The number of hydrogen-bond acceptors (Lipinski definition) is 3. The molecule has 1 unspecified atom stereocenters. The summed E-state index contributed by atoms with van der Waals surface area (Å²) in [6.07, 6.45) is 3.97. The van der Waals surface area contributed by atoms with Crippen LogP contribution in [0, 0.1) is 0 Å². The molecule has 0 amide bonds. The molecule has 0 fully saturated rings. The monoisotopic (exact) mass is 324 g/mol. The number of aromatic nitrogens is 1. The first-order valence-electron chi connectivity index (χ1n) is 6.17. The maximum absolute atomic E-state index is 4.30. The van der Waals surface area contributed by atoms with E-state index < -0.39 is 0 Å². The van der Waals surface area contributed by atoms with Crippen LogP contribution in [0.25, 0.3) is 0 Å². The first kappa shape index (κ1) is 13.7. The van der Waals surface area contributed by atoms with Crippen molar-refractivity contribution in [2.75, 3.05) is 6.54 Å². The van der Waals surface area contributed by atoms with Crippen LogP contribution >= 0.6 is 27.3 Å². The van der Waals surface area contributed by atoms with Crippen LogP contribution in [0.3, 0.4) is 0 Å². The molecule has 0 saturated heterocycles. The molecule has 1 N–H and O–H groups in total. The molecule has 0 saturated carbocycles. The Balaban J connectivity index is 1.87. The van der Waals surface area contributed by atoms with Crippen LogP contribution in [-0.4, -0.2) is 11.5 Å². The summed E-state index contributed by atoms with van der Waals surface area (Å²) in [4.78, 5) is 4.30. The summed E-state index contributed by atoms with van der Waals surface area (Å²) in [6, 6.07) is 8.97. The Morgan fingerprint density at radius 3 is 2.72 bits per heavy atom. The van der Waals surface area contributed by atoms with E-state index in [-0.39, 0.29) is 0 Å². The molecule has 0 radical (unpaired) electrons. The fourth-order valence-electron chi connectivity index (χ4n) is 1.92. The van der Waals surface area contributed by atoms with Gasteiger partial charge in [0.2, 0.25) is 0 Å². The van der Waals surface area contributed by atoms with Gasteiger partial charge in [0, 0.05) is 35.1 Å². The van der Waals surface area contributed by atoms with Crippen LogP contribution in [0.4, 0.5) is 0 Å². The van der Waals surface area contributed by atoms with E-state index in [4.69, 9.17) is 0 Å². The van der Waals surface area contributed by atoms with E-state index in [0.717, 1.165) is 23.9 Å². The summed E-state index contributed by atoms with van der Waals surface area (Å²) >= 11 is 5.19. The molecule has 1 heterocycles. The number of nitrogens with one attached hydrogen (secondary N) is 1. The van der Waals surface area contributed by atoms with Crippen molar-refractivity contribution in [3.63, 3.8) is 0 Å². The van der Waals surface area contributed by atoms with E-state index in [1.807, 2.05) is 11.6 Å². The first-order chi connectivity index (χ1) is 8.79. The highest BCUT2D eigenvalue weighted by Crippen LogP contribution is 2.19. The Bertz CT molecular complexity index is 453. The summed E-state index contributed by atoms with van der Waals surface area (Å²) in [7, 11) is 0. The number of thiazole rings is 1. The van der Waals surface area contributed by atoms with Gasteiger partial charge < -0.3 is 5.32 Å². The second-order valence-electron chi connectivity index (χ2n) is 4.14. The summed E-state index contributed by atoms with van der Waals surface area (Å²) in [5.74, 6) is 0. The second kappa shape index (κ2) is 7.02. The zero-order valence-electron chi connectivity index (χ0n) is 10.4. The van der Waals surface area contributed by atoms with Crippen molar-refractivity contribution in [1.82, 2.24) is 10.3 Å². The van der Waals surface area contributed by atoms with Crippen LogP contribution in [-0.2, 0) is 6.42 Å². The molecular weight excluding hydrogens is 308 g/mol.